The van der Waals surface area contributed by atoms with Crippen molar-refractivity contribution in [3.05, 3.63) is 68.1 Å². The first-order valence-electron chi connectivity index (χ1n) is 16.4. The van der Waals surface area contributed by atoms with Crippen LogP contribution in [0.4, 0.5) is 5.69 Å². The quantitative estimate of drug-likeness (QED) is 0.182. The predicted octanol–water partition coefficient (Wildman–Crippen LogP) is 3.98. The molecule has 0 spiro atoms. The predicted molar refractivity (Wildman–Crippen MR) is 182 cm³/mol. The number of hydrogen-bond acceptors (Lipinski definition) is 11. The third-order valence-electron chi connectivity index (χ3n) is 10.2. The van der Waals surface area contributed by atoms with Gasteiger partial charge < -0.3 is 29.6 Å². The van der Waals surface area contributed by atoms with E-state index in [1.165, 1.54) is 12.0 Å². The molecule has 7 atom stereocenters. The van der Waals surface area contributed by atoms with E-state index >= 15 is 0 Å². The van der Waals surface area contributed by atoms with Crippen LogP contribution in [0.2, 0.25) is 0 Å². The van der Waals surface area contributed by atoms with Crippen molar-refractivity contribution >= 4 is 58.4 Å². The molecule has 1 saturated heterocycles. The van der Waals surface area contributed by atoms with E-state index in [-0.39, 0.29) is 78.2 Å². The number of aromatic nitrogens is 1. The molecule has 3 heterocycles. The molecule has 2 aliphatic carbocycles. The van der Waals surface area contributed by atoms with E-state index in [1.807, 2.05) is 12.1 Å². The topological polar surface area (TPSA) is 181 Å². The number of thioether (sulfide) groups is 1. The Labute approximate surface area is 294 Å². The summed E-state index contributed by atoms with van der Waals surface area (Å²) in [7, 11) is 1.50. The number of fused-ring (bicyclic) bond motifs is 9. The lowest BCUT2D eigenvalue weighted by molar-refractivity contribution is -0.142. The van der Waals surface area contributed by atoms with Crippen LogP contribution in [0.3, 0.4) is 0 Å². The number of rotatable bonds is 12. The van der Waals surface area contributed by atoms with Gasteiger partial charge in [0.05, 0.1) is 36.1 Å². The summed E-state index contributed by atoms with van der Waals surface area (Å²) in [5.74, 6) is -2.85. The number of H-pyrrole nitrogens is 1. The number of esters is 1. The number of carbonyl (C=O) groups excluding carboxylic acids is 4. The maximum Gasteiger partial charge on any atom is 0.338 e. The highest BCUT2D eigenvalue weighted by Gasteiger charge is 2.69. The molecule has 3 amide bonds. The van der Waals surface area contributed by atoms with Gasteiger partial charge in [0.1, 0.15) is 0 Å². The Morgan fingerprint density at radius 1 is 1.02 bits per heavy atom. The molecular formula is C35H35N3O10S2. The lowest BCUT2D eigenvalue weighted by Gasteiger charge is -2.43. The van der Waals surface area contributed by atoms with Crippen molar-refractivity contribution in [1.82, 2.24) is 9.88 Å². The minimum atomic E-state index is -0.968. The minimum absolute atomic E-state index is 0.00306. The Hall–Kier alpha value is -4.63. The molecule has 4 aliphatic rings. The Bertz CT molecular complexity index is 1920. The highest BCUT2D eigenvalue weighted by Crippen LogP contribution is 2.68. The first-order chi connectivity index (χ1) is 24.1. The van der Waals surface area contributed by atoms with Crippen LogP contribution >= 0.6 is 23.1 Å². The lowest BCUT2D eigenvalue weighted by atomic mass is 9.68. The van der Waals surface area contributed by atoms with Gasteiger partial charge >= 0.3 is 16.8 Å². The molecule has 1 aromatic heterocycles. The van der Waals surface area contributed by atoms with Crippen LogP contribution in [0.15, 0.2) is 52.3 Å². The Morgan fingerprint density at radius 3 is 2.46 bits per heavy atom. The van der Waals surface area contributed by atoms with Gasteiger partial charge in [0.15, 0.2) is 18.1 Å². The lowest BCUT2D eigenvalue weighted by Crippen LogP contribution is -2.42. The molecule has 3 aromatic rings. The maximum atomic E-state index is 13.7. The van der Waals surface area contributed by atoms with E-state index in [0.717, 1.165) is 33.2 Å². The monoisotopic (exact) mass is 721 g/mol. The number of anilines is 1. The van der Waals surface area contributed by atoms with Gasteiger partial charge in [0.25, 0.3) is 5.91 Å². The van der Waals surface area contributed by atoms with Crippen molar-refractivity contribution in [3.8, 4) is 11.5 Å². The van der Waals surface area contributed by atoms with Gasteiger partial charge in [-0.25, -0.2) is 4.79 Å². The summed E-state index contributed by atoms with van der Waals surface area (Å²) in [4.78, 5) is 80.6. The molecule has 15 heteroatoms. The number of carboxylic acids is 1. The summed E-state index contributed by atoms with van der Waals surface area (Å²) >= 11 is 2.73. The number of methoxy groups -OCH3 is 1. The highest BCUT2D eigenvalue weighted by atomic mass is 32.2. The Balaban J connectivity index is 1.10. The first kappa shape index (κ1) is 33.8. The molecule has 262 valence electrons. The van der Waals surface area contributed by atoms with Crippen LogP contribution in [0.5, 0.6) is 11.5 Å². The summed E-state index contributed by atoms with van der Waals surface area (Å²) in [5, 5.41) is 12.6. The number of amides is 3. The van der Waals surface area contributed by atoms with Crippen LogP contribution in [0, 0.1) is 29.6 Å². The largest absolute Gasteiger partial charge is 0.493 e. The van der Waals surface area contributed by atoms with Gasteiger partial charge in [-0.2, -0.15) is 0 Å². The van der Waals surface area contributed by atoms with Crippen molar-refractivity contribution in [1.29, 1.82) is 0 Å². The standard InChI is InChI=1S/C35H35N3O10S2/c1-3-47-34(44)16-6-9-18(10-7-16)36-23(39)15-48-21-11-8-17(13-22(21)46-2)25-26-19-14-20(29(26)49-31-30(25)50-35(45)37-31)28-27(19)32(42)38(33(28)43)12-4-5-24(40)41/h6-11,13,19-20,25-29H,3-5,12,14-15H2,1-2H3,(H,36,39)(H,37,45)(H,40,41)/t19?,20?,25-,26?,27?,28?,29?/m1/s1. The number of carboxylic acid groups (broad SMARTS) is 1. The van der Waals surface area contributed by atoms with Crippen LogP contribution in [-0.2, 0) is 23.9 Å². The minimum Gasteiger partial charge on any atom is -0.493 e. The highest BCUT2D eigenvalue weighted by molar-refractivity contribution is 8.00. The number of likely N-dealkylation sites (tertiary alicyclic amines) is 1. The molecule has 2 saturated carbocycles. The average molecular weight is 722 g/mol. The molecule has 7 rings (SSSR count). The SMILES string of the molecule is CCOC(=O)c1ccc(NC(=O)COc2ccc([C@H]3c4sc(=O)[nH]c4SC4C5CC(C6C(=O)N(CCCC(=O)O)C(=O)C56)C43)cc2OC)cc1. The van der Waals surface area contributed by atoms with Crippen molar-refractivity contribution in [2.75, 3.05) is 32.2 Å². The molecule has 2 bridgehead atoms. The van der Waals surface area contributed by atoms with Crippen LogP contribution < -0.4 is 19.7 Å². The summed E-state index contributed by atoms with van der Waals surface area (Å²) in [6.45, 7) is 1.77. The van der Waals surface area contributed by atoms with Crippen LogP contribution in [0.1, 0.15) is 52.9 Å². The van der Waals surface area contributed by atoms with E-state index in [4.69, 9.17) is 19.3 Å². The first-order valence-corrected chi connectivity index (χ1v) is 18.1. The fourth-order valence-corrected chi connectivity index (χ4v) is 11.2. The van der Waals surface area contributed by atoms with Gasteiger partial charge in [-0.05, 0) is 79.5 Å². The normalized spacial score (nSPS) is 25.9. The van der Waals surface area contributed by atoms with E-state index < -0.39 is 29.7 Å². The Kier molecular flexibility index (Phi) is 9.20. The number of aliphatic carboxylic acids is 1. The molecule has 3 fully saturated rings. The third kappa shape index (κ3) is 5.95. The smallest absolute Gasteiger partial charge is 0.338 e. The van der Waals surface area contributed by atoms with Gasteiger partial charge in [-0.15, -0.1) is 11.8 Å². The summed E-state index contributed by atoms with van der Waals surface area (Å²) in [6, 6.07) is 11.8. The number of nitrogens with one attached hydrogen (secondary N) is 2. The number of hydrogen-bond donors (Lipinski definition) is 3. The summed E-state index contributed by atoms with van der Waals surface area (Å²) < 4.78 is 16.5. The number of carbonyl (C=O) groups is 5. The van der Waals surface area contributed by atoms with Gasteiger partial charge in [-0.1, -0.05) is 17.4 Å². The van der Waals surface area contributed by atoms with Crippen molar-refractivity contribution < 1.29 is 43.3 Å². The fraction of sp³-hybridized carbons (Fsp3) is 0.429. The molecule has 0 radical (unpaired) electrons. The number of ether oxygens (including phenoxy) is 3. The molecular weight excluding hydrogens is 687 g/mol. The van der Waals surface area contributed by atoms with Crippen molar-refractivity contribution in [3.63, 3.8) is 0 Å². The van der Waals surface area contributed by atoms with Crippen molar-refractivity contribution in [2.45, 2.75) is 42.4 Å². The molecule has 2 aliphatic heterocycles. The maximum absolute atomic E-state index is 13.7. The Morgan fingerprint density at radius 2 is 1.76 bits per heavy atom. The fourth-order valence-electron chi connectivity index (χ4n) is 8.30. The van der Waals surface area contributed by atoms with E-state index in [1.54, 1.807) is 49.0 Å². The van der Waals surface area contributed by atoms with Gasteiger partial charge in [0, 0.05) is 34.7 Å². The molecule has 13 nitrogen and oxygen atoms in total. The molecule has 50 heavy (non-hydrogen) atoms. The van der Waals surface area contributed by atoms with Gasteiger partial charge in [0.2, 0.25) is 11.8 Å². The van der Waals surface area contributed by atoms with Gasteiger partial charge in [-0.3, -0.25) is 28.9 Å². The number of imide groups is 1. The zero-order chi connectivity index (χ0) is 35.3. The molecule has 3 N–H and O–H groups in total. The second-order valence-corrected chi connectivity index (χ2v) is 15.0. The molecule has 6 unspecified atom stereocenters. The summed E-state index contributed by atoms with van der Waals surface area (Å²) in [5.41, 5.74) is 1.72. The second-order valence-electron chi connectivity index (χ2n) is 12.8. The average Bonchev–Trinajstić information content (AvgIpc) is 3.83. The second kappa shape index (κ2) is 13.6. The van der Waals surface area contributed by atoms with Crippen molar-refractivity contribution in [2.24, 2.45) is 29.6 Å². The number of thiazole rings is 1. The van der Waals surface area contributed by atoms with Crippen LogP contribution in [-0.4, -0.2) is 76.8 Å². The zero-order valence-electron chi connectivity index (χ0n) is 27.2. The van der Waals surface area contributed by atoms with E-state index in [9.17, 15) is 28.8 Å². The molecule has 2 aromatic carbocycles. The van der Waals surface area contributed by atoms with E-state index in [0.29, 0.717) is 22.7 Å². The number of aromatic amines is 1. The van der Waals surface area contributed by atoms with E-state index in [2.05, 4.69) is 10.3 Å². The number of nitrogens with zero attached hydrogens (tertiary/aromatic N) is 1. The van der Waals surface area contributed by atoms with Crippen LogP contribution in [0.25, 0.3) is 0 Å². The third-order valence-corrected chi connectivity index (χ3v) is 12.8. The number of benzene rings is 2. The summed E-state index contributed by atoms with van der Waals surface area (Å²) in [6.07, 6.45) is 0.825. The zero-order valence-corrected chi connectivity index (χ0v) is 28.8.